The molecule has 1 saturated heterocycles. The Morgan fingerprint density at radius 3 is 3.11 bits per heavy atom. The number of nitrogens with zero attached hydrogens (tertiary/aromatic N) is 1. The predicted octanol–water partition coefficient (Wildman–Crippen LogP) is 0.646. The Kier molecular flexibility index (Phi) is 3.76. The lowest BCUT2D eigenvalue weighted by atomic mass is 9.98. The van der Waals surface area contributed by atoms with E-state index in [1.54, 1.807) is 19.1 Å². The van der Waals surface area contributed by atoms with Gasteiger partial charge in [-0.1, -0.05) is 0 Å². The topological polar surface area (TPSA) is 83.7 Å². The number of piperidine rings is 1. The molecule has 0 bridgehead atoms. The summed E-state index contributed by atoms with van der Waals surface area (Å²) in [4.78, 5) is 23.2. The number of hydrogen-bond acceptors (Lipinski definition) is 4. The van der Waals surface area contributed by atoms with E-state index in [9.17, 15) is 9.59 Å². The van der Waals surface area contributed by atoms with Crippen molar-refractivity contribution in [1.82, 2.24) is 10.7 Å². The van der Waals surface area contributed by atoms with Gasteiger partial charge in [-0.2, -0.15) is 5.10 Å². The van der Waals surface area contributed by atoms with Crippen LogP contribution in [0.5, 0.6) is 0 Å². The molecule has 1 fully saturated rings. The zero-order valence-electron chi connectivity index (χ0n) is 10.1. The Balaban J connectivity index is 1.95. The zero-order valence-corrected chi connectivity index (χ0v) is 10.1. The third-order valence-electron chi connectivity index (χ3n) is 2.81. The van der Waals surface area contributed by atoms with Crippen molar-refractivity contribution >= 4 is 17.5 Å². The van der Waals surface area contributed by atoms with Crippen LogP contribution in [-0.4, -0.2) is 24.1 Å². The third kappa shape index (κ3) is 2.77. The molecule has 0 saturated carbocycles. The molecule has 2 amide bonds. The van der Waals surface area contributed by atoms with Crippen molar-refractivity contribution in [2.75, 3.05) is 6.54 Å². The number of rotatable bonds is 3. The molecular weight excluding hydrogens is 234 g/mol. The van der Waals surface area contributed by atoms with E-state index in [1.165, 1.54) is 6.26 Å². The van der Waals surface area contributed by atoms with Crippen molar-refractivity contribution in [3.63, 3.8) is 0 Å². The van der Waals surface area contributed by atoms with E-state index in [2.05, 4.69) is 15.8 Å². The van der Waals surface area contributed by atoms with Gasteiger partial charge in [0, 0.05) is 6.54 Å². The maximum atomic E-state index is 11.8. The molecule has 2 N–H and O–H groups in total. The van der Waals surface area contributed by atoms with Gasteiger partial charge in [0.25, 0.3) is 5.91 Å². The van der Waals surface area contributed by atoms with Crippen molar-refractivity contribution in [1.29, 1.82) is 0 Å². The van der Waals surface area contributed by atoms with Gasteiger partial charge in [0.05, 0.1) is 6.26 Å². The maximum absolute atomic E-state index is 11.8. The highest BCUT2D eigenvalue weighted by atomic mass is 16.3. The molecule has 0 aromatic carbocycles. The molecule has 2 heterocycles. The Labute approximate surface area is 104 Å². The summed E-state index contributed by atoms with van der Waals surface area (Å²) < 4.78 is 5.13. The number of nitrogens with one attached hydrogen (secondary N) is 2. The van der Waals surface area contributed by atoms with Crippen molar-refractivity contribution in [2.24, 2.45) is 11.0 Å². The van der Waals surface area contributed by atoms with E-state index in [0.29, 0.717) is 24.4 Å². The predicted molar refractivity (Wildman–Crippen MR) is 64.8 cm³/mol. The van der Waals surface area contributed by atoms with Crippen LogP contribution >= 0.6 is 0 Å². The highest BCUT2D eigenvalue weighted by Crippen LogP contribution is 2.11. The lowest BCUT2D eigenvalue weighted by molar-refractivity contribution is -0.136. The lowest BCUT2D eigenvalue weighted by Gasteiger charge is -2.19. The third-order valence-corrected chi connectivity index (χ3v) is 2.81. The van der Waals surface area contributed by atoms with Crippen molar-refractivity contribution in [2.45, 2.75) is 19.8 Å². The molecule has 1 aromatic rings. The highest BCUT2D eigenvalue weighted by Gasteiger charge is 2.28. The van der Waals surface area contributed by atoms with E-state index in [4.69, 9.17) is 4.42 Å². The van der Waals surface area contributed by atoms with Gasteiger partial charge in [0.1, 0.15) is 17.4 Å². The number of carbonyl (C=O) groups excluding carboxylic acids is 2. The number of hydrazone groups is 1. The number of hydrogen-bond donors (Lipinski definition) is 2. The van der Waals surface area contributed by atoms with Crippen molar-refractivity contribution in [3.05, 3.63) is 24.2 Å². The molecule has 0 radical (unpaired) electrons. The first kappa shape index (κ1) is 12.3. The van der Waals surface area contributed by atoms with Crippen LogP contribution in [0, 0.1) is 5.92 Å². The molecule has 2 rings (SSSR count). The number of amides is 2. The Bertz CT molecular complexity index is 465. The van der Waals surface area contributed by atoms with Gasteiger partial charge in [-0.05, 0) is 31.9 Å². The van der Waals surface area contributed by atoms with Crippen LogP contribution in [0.3, 0.4) is 0 Å². The minimum absolute atomic E-state index is 0.232. The summed E-state index contributed by atoms with van der Waals surface area (Å²) in [6, 6.07) is 3.49. The van der Waals surface area contributed by atoms with Crippen LogP contribution in [0.1, 0.15) is 25.5 Å². The minimum atomic E-state index is -0.646. The molecule has 1 aliphatic heterocycles. The van der Waals surface area contributed by atoms with E-state index < -0.39 is 5.92 Å². The Morgan fingerprint density at radius 2 is 2.44 bits per heavy atom. The monoisotopic (exact) mass is 249 g/mol. The van der Waals surface area contributed by atoms with Crippen molar-refractivity contribution < 1.29 is 14.0 Å². The second-order valence-electron chi connectivity index (χ2n) is 4.14. The normalized spacial score (nSPS) is 20.4. The zero-order chi connectivity index (χ0) is 13.0. The summed E-state index contributed by atoms with van der Waals surface area (Å²) in [7, 11) is 0. The molecular formula is C12H15N3O3. The Morgan fingerprint density at radius 1 is 1.61 bits per heavy atom. The first-order valence-electron chi connectivity index (χ1n) is 5.84. The van der Waals surface area contributed by atoms with Gasteiger partial charge in [-0.25, -0.2) is 5.43 Å². The van der Waals surface area contributed by atoms with Crippen LogP contribution in [0.2, 0.25) is 0 Å². The minimum Gasteiger partial charge on any atom is -0.463 e. The summed E-state index contributed by atoms with van der Waals surface area (Å²) in [5.74, 6) is -0.669. The largest absolute Gasteiger partial charge is 0.463 e. The van der Waals surface area contributed by atoms with Gasteiger partial charge in [-0.15, -0.1) is 0 Å². The van der Waals surface area contributed by atoms with Gasteiger partial charge in [0.15, 0.2) is 0 Å². The summed E-state index contributed by atoms with van der Waals surface area (Å²) in [5.41, 5.74) is 2.96. The molecule has 1 aromatic heterocycles. The van der Waals surface area contributed by atoms with E-state index in [1.807, 2.05) is 0 Å². The van der Waals surface area contributed by atoms with Crippen molar-refractivity contribution in [3.8, 4) is 0 Å². The molecule has 1 aliphatic rings. The van der Waals surface area contributed by atoms with Gasteiger partial charge in [0.2, 0.25) is 5.91 Å². The standard InChI is InChI=1S/C12H15N3O3/c1-8(10-5-3-7-18-10)14-15-12(17)9-4-2-6-13-11(9)16/h3,5,7,9H,2,4,6H2,1H3,(H,13,16)(H,15,17)/b14-8+. The summed E-state index contributed by atoms with van der Waals surface area (Å²) in [5, 5.41) is 6.58. The van der Waals surface area contributed by atoms with E-state index in [0.717, 1.165) is 6.42 Å². The van der Waals surface area contributed by atoms with E-state index >= 15 is 0 Å². The maximum Gasteiger partial charge on any atom is 0.252 e. The van der Waals surface area contributed by atoms with Crippen LogP contribution < -0.4 is 10.7 Å². The Hall–Kier alpha value is -2.11. The molecule has 96 valence electrons. The molecule has 6 heteroatoms. The molecule has 18 heavy (non-hydrogen) atoms. The first-order chi connectivity index (χ1) is 8.68. The average molecular weight is 249 g/mol. The molecule has 1 unspecified atom stereocenters. The van der Waals surface area contributed by atoms with Crippen LogP contribution in [-0.2, 0) is 9.59 Å². The fourth-order valence-corrected chi connectivity index (χ4v) is 1.78. The smallest absolute Gasteiger partial charge is 0.252 e. The number of carbonyl (C=O) groups is 2. The fraction of sp³-hybridized carbons (Fsp3) is 0.417. The highest BCUT2D eigenvalue weighted by molar-refractivity contribution is 6.02. The number of furan rings is 1. The molecule has 0 aliphatic carbocycles. The summed E-state index contributed by atoms with van der Waals surface area (Å²) in [6.45, 7) is 2.36. The summed E-state index contributed by atoms with van der Waals surface area (Å²) in [6.07, 6.45) is 2.91. The quantitative estimate of drug-likeness (QED) is 0.468. The fourth-order valence-electron chi connectivity index (χ4n) is 1.78. The molecule has 1 atom stereocenters. The average Bonchev–Trinajstić information content (AvgIpc) is 2.90. The lowest BCUT2D eigenvalue weighted by Crippen LogP contribution is -2.44. The van der Waals surface area contributed by atoms with Crippen LogP contribution in [0.4, 0.5) is 0 Å². The summed E-state index contributed by atoms with van der Waals surface area (Å²) >= 11 is 0. The SMILES string of the molecule is C/C(=N\NC(=O)C1CCCNC1=O)c1ccco1. The van der Waals surface area contributed by atoms with Crippen LogP contribution in [0.25, 0.3) is 0 Å². The van der Waals surface area contributed by atoms with Gasteiger partial charge < -0.3 is 9.73 Å². The molecule has 0 spiro atoms. The van der Waals surface area contributed by atoms with E-state index in [-0.39, 0.29) is 11.8 Å². The second-order valence-corrected chi connectivity index (χ2v) is 4.14. The van der Waals surface area contributed by atoms with Gasteiger partial charge in [-0.3, -0.25) is 9.59 Å². The first-order valence-corrected chi connectivity index (χ1v) is 5.84. The van der Waals surface area contributed by atoms with Gasteiger partial charge >= 0.3 is 0 Å². The van der Waals surface area contributed by atoms with Crippen LogP contribution in [0.15, 0.2) is 27.9 Å². The molecule has 6 nitrogen and oxygen atoms in total. The second kappa shape index (κ2) is 5.48.